The van der Waals surface area contributed by atoms with Gasteiger partial charge in [0.2, 0.25) is 0 Å². The molecule has 0 radical (unpaired) electrons. The summed E-state index contributed by atoms with van der Waals surface area (Å²) >= 11 is -3.26. The second-order valence-electron chi connectivity index (χ2n) is 14.1. The fourth-order valence-corrected chi connectivity index (χ4v) is 38.2. The van der Waals surface area contributed by atoms with Crippen LogP contribution in [-0.4, -0.2) is 16.1 Å². The van der Waals surface area contributed by atoms with E-state index < -0.39 is 36.1 Å². The molecule has 0 aromatic rings. The van der Waals surface area contributed by atoms with Crippen LogP contribution in [0.15, 0.2) is 72.9 Å². The van der Waals surface area contributed by atoms with Crippen LogP contribution >= 0.6 is 0 Å². The number of unbranched alkanes of at least 4 members (excludes halogenated alkanes) is 2. The molecular formula is C32H56HfSi2. The van der Waals surface area contributed by atoms with E-state index in [4.69, 9.17) is 13.2 Å². The van der Waals surface area contributed by atoms with Gasteiger partial charge in [0, 0.05) is 0 Å². The van der Waals surface area contributed by atoms with Crippen molar-refractivity contribution in [2.45, 2.75) is 118 Å². The van der Waals surface area contributed by atoms with Gasteiger partial charge in [-0.3, -0.25) is 0 Å². The SMILES string of the molecule is C=C(C[C]1([Hf]([CH2]CCC)([CH2]CCC)[C]2(CC(=C)C[Si](C)(C)C)C=CC=C2)C=CC=C1)C[Si](C)(C)C. The van der Waals surface area contributed by atoms with Crippen LogP contribution in [0, 0.1) is 0 Å². The van der Waals surface area contributed by atoms with Crippen LogP contribution in [-0.2, 0) is 20.0 Å². The molecule has 0 bridgehead atoms. The second-order valence-corrected chi connectivity index (χ2v) is 43.1. The van der Waals surface area contributed by atoms with E-state index >= 15 is 0 Å². The number of hydrogen-bond acceptors (Lipinski definition) is 0. The summed E-state index contributed by atoms with van der Waals surface area (Å²) in [4.78, 5) is 0. The Morgan fingerprint density at radius 1 is 0.629 bits per heavy atom. The van der Waals surface area contributed by atoms with Gasteiger partial charge < -0.3 is 0 Å². The molecule has 0 spiro atoms. The van der Waals surface area contributed by atoms with Gasteiger partial charge in [-0.2, -0.15) is 0 Å². The normalized spacial score (nSPS) is 18.5. The van der Waals surface area contributed by atoms with Crippen LogP contribution < -0.4 is 0 Å². The van der Waals surface area contributed by atoms with Crippen molar-refractivity contribution in [1.29, 1.82) is 0 Å². The molecule has 0 heterocycles. The zero-order chi connectivity index (χ0) is 26.4. The van der Waals surface area contributed by atoms with E-state index in [1.54, 1.807) is 0 Å². The van der Waals surface area contributed by atoms with E-state index in [1.165, 1.54) is 70.1 Å². The van der Waals surface area contributed by atoms with E-state index in [-0.39, 0.29) is 6.34 Å². The first-order chi connectivity index (χ1) is 16.2. The second kappa shape index (κ2) is 12.5. The third-order valence-corrected chi connectivity index (χ3v) is 36.4. The maximum absolute atomic E-state index is 4.74. The maximum atomic E-state index is 4.74. The van der Waals surface area contributed by atoms with Crippen molar-refractivity contribution in [2.24, 2.45) is 0 Å². The van der Waals surface area contributed by atoms with Crippen molar-refractivity contribution in [1.82, 2.24) is 0 Å². The summed E-state index contributed by atoms with van der Waals surface area (Å²) in [6.07, 6.45) is 28.0. The first-order valence-corrected chi connectivity index (χ1v) is 30.4. The summed E-state index contributed by atoms with van der Waals surface area (Å²) in [5.74, 6) is 0. The summed E-state index contributed by atoms with van der Waals surface area (Å²) < 4.78 is 3.44. The fraction of sp³-hybridized carbons (Fsp3) is 0.625. The Hall–Kier alpha value is -0.256. The predicted molar refractivity (Wildman–Crippen MR) is 165 cm³/mol. The Kier molecular flexibility index (Phi) is 11.1. The standard InChI is InChI=1S/2C12H19Si.2C4H9.Hf/c2*1-11(10-13(2,3)4)9-12-7-5-6-8-12;2*1-3-4-2;/h2*5-8H,1,9-10H2,2-4H3;2*1,3-4H2,2H3;. The molecule has 0 aromatic carbocycles. The van der Waals surface area contributed by atoms with E-state index in [2.05, 4.69) is 102 Å². The van der Waals surface area contributed by atoms with Crippen molar-refractivity contribution >= 4 is 16.1 Å². The van der Waals surface area contributed by atoms with E-state index in [9.17, 15) is 0 Å². The molecular weight excluding hydrogens is 619 g/mol. The van der Waals surface area contributed by atoms with Crippen LogP contribution in [0.3, 0.4) is 0 Å². The first kappa shape index (κ1) is 31.0. The molecule has 0 unspecified atom stereocenters. The van der Waals surface area contributed by atoms with Gasteiger partial charge in [0.05, 0.1) is 0 Å². The quantitative estimate of drug-likeness (QED) is 0.113. The van der Waals surface area contributed by atoms with Crippen molar-refractivity contribution in [3.05, 3.63) is 72.9 Å². The van der Waals surface area contributed by atoms with Crippen LogP contribution in [0.2, 0.25) is 66.1 Å². The average Bonchev–Trinajstić information content (AvgIpc) is 3.36. The Bertz CT molecular complexity index is 761. The van der Waals surface area contributed by atoms with Gasteiger partial charge >= 0.3 is 227 Å². The molecule has 0 amide bonds. The summed E-state index contributed by atoms with van der Waals surface area (Å²) in [5.41, 5.74) is 3.03. The molecule has 0 saturated carbocycles. The van der Waals surface area contributed by atoms with E-state index in [0.29, 0.717) is 0 Å². The van der Waals surface area contributed by atoms with Gasteiger partial charge in [0.1, 0.15) is 0 Å². The van der Waals surface area contributed by atoms with Gasteiger partial charge in [-0.05, 0) is 0 Å². The summed E-state index contributed by atoms with van der Waals surface area (Å²) in [7, 11) is -2.40. The zero-order valence-corrected chi connectivity index (χ0v) is 30.2. The van der Waals surface area contributed by atoms with Gasteiger partial charge in [-0.25, -0.2) is 0 Å². The molecule has 0 atom stereocenters. The van der Waals surface area contributed by atoms with Crippen molar-refractivity contribution in [3.63, 3.8) is 0 Å². The average molecular weight is 675 g/mol. The fourth-order valence-electron chi connectivity index (χ4n) is 7.13. The summed E-state index contributed by atoms with van der Waals surface area (Å²) in [6, 6.07) is 2.51. The van der Waals surface area contributed by atoms with Crippen LogP contribution in [0.4, 0.5) is 0 Å². The van der Waals surface area contributed by atoms with Gasteiger partial charge in [-0.1, -0.05) is 0 Å². The molecule has 0 fully saturated rings. The number of allylic oxidation sites excluding steroid dienone is 10. The zero-order valence-electron chi connectivity index (χ0n) is 24.6. The van der Waals surface area contributed by atoms with Crippen LogP contribution in [0.25, 0.3) is 0 Å². The molecule has 2 aliphatic carbocycles. The Morgan fingerprint density at radius 2 is 0.943 bits per heavy atom. The van der Waals surface area contributed by atoms with E-state index in [0.717, 1.165) is 0 Å². The molecule has 0 aromatic heterocycles. The summed E-state index contributed by atoms with van der Waals surface area (Å²) in [5, 5.41) is 0. The Labute approximate surface area is 226 Å². The molecule has 0 saturated heterocycles. The number of rotatable bonds is 16. The predicted octanol–water partition coefficient (Wildman–Crippen LogP) is 11.7. The molecule has 0 N–H and O–H groups in total. The molecule has 35 heavy (non-hydrogen) atoms. The van der Waals surface area contributed by atoms with Gasteiger partial charge in [-0.15, -0.1) is 0 Å². The molecule has 3 heteroatoms. The minimum atomic E-state index is -3.26. The van der Waals surface area contributed by atoms with Crippen molar-refractivity contribution in [2.75, 3.05) is 0 Å². The summed E-state index contributed by atoms with van der Waals surface area (Å²) in [6.45, 7) is 29.3. The third-order valence-electron chi connectivity index (χ3n) is 8.14. The molecule has 2 aliphatic rings. The minimum absolute atomic E-state index is 0.243. The molecule has 0 aliphatic heterocycles. The van der Waals surface area contributed by atoms with Gasteiger partial charge in [0.25, 0.3) is 0 Å². The molecule has 0 nitrogen and oxygen atoms in total. The number of hydrogen-bond donors (Lipinski definition) is 0. The molecule has 196 valence electrons. The van der Waals surface area contributed by atoms with Gasteiger partial charge in [0.15, 0.2) is 0 Å². The van der Waals surface area contributed by atoms with Crippen LogP contribution in [0.1, 0.15) is 52.4 Å². The molecule has 2 rings (SSSR count). The topological polar surface area (TPSA) is 0 Å². The third kappa shape index (κ3) is 7.87. The Morgan fingerprint density at radius 3 is 1.20 bits per heavy atom. The Balaban J connectivity index is 2.68. The van der Waals surface area contributed by atoms with Crippen molar-refractivity contribution < 1.29 is 20.0 Å². The van der Waals surface area contributed by atoms with E-state index in [1.807, 2.05) is 0 Å². The monoisotopic (exact) mass is 676 g/mol. The first-order valence-electron chi connectivity index (χ1n) is 14.3. The van der Waals surface area contributed by atoms with Crippen molar-refractivity contribution in [3.8, 4) is 0 Å². The van der Waals surface area contributed by atoms with Crippen LogP contribution in [0.5, 0.6) is 0 Å².